The van der Waals surface area contributed by atoms with Crippen LogP contribution in [0, 0.1) is 11.8 Å². The largest absolute Gasteiger partial charge is 0.396 e. The third-order valence-corrected chi connectivity index (χ3v) is 2.67. The molecule has 3 nitrogen and oxygen atoms in total. The monoisotopic (exact) mass is 130 g/mol. The van der Waals surface area contributed by atoms with Crippen molar-refractivity contribution in [3.63, 3.8) is 0 Å². The fourth-order valence-electron chi connectivity index (χ4n) is 1.85. The molecule has 3 N–H and O–H groups in total. The first-order chi connectivity index (χ1) is 4.20. The quantitative estimate of drug-likeness (QED) is 0.414. The van der Waals surface area contributed by atoms with Crippen molar-refractivity contribution >= 4 is 0 Å². The van der Waals surface area contributed by atoms with Crippen LogP contribution in [0.3, 0.4) is 0 Å². The van der Waals surface area contributed by atoms with Gasteiger partial charge in [0.15, 0.2) is 0 Å². The number of aliphatic hydroxyl groups is 3. The number of hydrogen-bond acceptors (Lipinski definition) is 3. The standard InChI is InChI=1S/C6H10O3/c7-2-3-4-1-6(4,9)5(3)8/h3-5,7-9H,1-2H2/t3?,4?,5?,6-/m0/s1. The van der Waals surface area contributed by atoms with Gasteiger partial charge in [-0.3, -0.25) is 0 Å². The van der Waals surface area contributed by atoms with Crippen LogP contribution >= 0.6 is 0 Å². The zero-order chi connectivity index (χ0) is 6.65. The maximum atomic E-state index is 9.20. The highest BCUT2D eigenvalue weighted by atomic mass is 16.4. The lowest BCUT2D eigenvalue weighted by Gasteiger charge is -2.35. The van der Waals surface area contributed by atoms with Crippen molar-refractivity contribution in [1.82, 2.24) is 0 Å². The maximum absolute atomic E-state index is 9.20. The molecule has 0 amide bonds. The summed E-state index contributed by atoms with van der Waals surface area (Å²) in [4.78, 5) is 0. The molecule has 2 saturated carbocycles. The van der Waals surface area contributed by atoms with E-state index in [9.17, 15) is 5.11 Å². The summed E-state index contributed by atoms with van der Waals surface area (Å²) in [6.07, 6.45) is 0.0202. The van der Waals surface area contributed by atoms with Crippen LogP contribution < -0.4 is 0 Å². The molecule has 4 atom stereocenters. The number of rotatable bonds is 1. The molecule has 2 aliphatic rings. The van der Waals surface area contributed by atoms with Crippen LogP contribution in [0.2, 0.25) is 0 Å². The summed E-state index contributed by atoms with van der Waals surface area (Å²) in [5.74, 6) is 0.146. The molecule has 0 radical (unpaired) electrons. The average molecular weight is 130 g/mol. The predicted molar refractivity (Wildman–Crippen MR) is 29.6 cm³/mol. The first-order valence-electron chi connectivity index (χ1n) is 3.21. The second-order valence-electron chi connectivity index (χ2n) is 3.09. The lowest BCUT2D eigenvalue weighted by Crippen LogP contribution is -2.50. The molecule has 0 aliphatic heterocycles. The van der Waals surface area contributed by atoms with Crippen molar-refractivity contribution in [2.45, 2.75) is 18.1 Å². The van der Waals surface area contributed by atoms with Crippen molar-refractivity contribution in [1.29, 1.82) is 0 Å². The Morgan fingerprint density at radius 1 is 1.56 bits per heavy atom. The molecular formula is C6H10O3. The Balaban J connectivity index is 2.06. The number of hydrogen-bond donors (Lipinski definition) is 3. The van der Waals surface area contributed by atoms with Gasteiger partial charge in [-0.15, -0.1) is 0 Å². The highest BCUT2D eigenvalue weighted by Gasteiger charge is 2.73. The summed E-state index contributed by atoms with van der Waals surface area (Å²) >= 11 is 0. The van der Waals surface area contributed by atoms with Crippen molar-refractivity contribution in [3.05, 3.63) is 0 Å². The third kappa shape index (κ3) is 0.440. The van der Waals surface area contributed by atoms with Gasteiger partial charge in [0.05, 0.1) is 11.7 Å². The first-order valence-corrected chi connectivity index (χ1v) is 3.21. The van der Waals surface area contributed by atoms with Crippen LogP contribution in [0.1, 0.15) is 6.42 Å². The van der Waals surface area contributed by atoms with Gasteiger partial charge < -0.3 is 15.3 Å². The van der Waals surface area contributed by atoms with Crippen molar-refractivity contribution in [2.24, 2.45) is 11.8 Å². The number of fused-ring (bicyclic) bond motifs is 1. The molecule has 0 aromatic heterocycles. The van der Waals surface area contributed by atoms with E-state index >= 15 is 0 Å². The van der Waals surface area contributed by atoms with E-state index in [-0.39, 0.29) is 18.4 Å². The molecule has 0 bridgehead atoms. The van der Waals surface area contributed by atoms with Gasteiger partial charge in [-0.2, -0.15) is 0 Å². The first kappa shape index (κ1) is 5.65. The Hall–Kier alpha value is -0.120. The van der Waals surface area contributed by atoms with Crippen molar-refractivity contribution in [2.75, 3.05) is 6.61 Å². The Kier molecular flexibility index (Phi) is 0.822. The Bertz CT molecular complexity index is 147. The van der Waals surface area contributed by atoms with Crippen LogP contribution in [0.15, 0.2) is 0 Å². The zero-order valence-electron chi connectivity index (χ0n) is 4.99. The molecule has 0 spiro atoms. The summed E-state index contributed by atoms with van der Waals surface area (Å²) in [6, 6.07) is 0. The van der Waals surface area contributed by atoms with E-state index in [0.717, 1.165) is 0 Å². The normalized spacial score (nSPS) is 62.3. The zero-order valence-corrected chi connectivity index (χ0v) is 4.99. The molecule has 2 fully saturated rings. The molecule has 0 heterocycles. The predicted octanol–water partition coefficient (Wildman–Crippen LogP) is -1.28. The average Bonchev–Trinajstić information content (AvgIpc) is 2.42. The fraction of sp³-hybridized carbons (Fsp3) is 1.00. The van der Waals surface area contributed by atoms with E-state index in [4.69, 9.17) is 10.2 Å². The van der Waals surface area contributed by atoms with Crippen LogP contribution in [-0.4, -0.2) is 33.6 Å². The van der Waals surface area contributed by atoms with E-state index in [2.05, 4.69) is 0 Å². The lowest BCUT2D eigenvalue weighted by atomic mass is 9.80. The van der Waals surface area contributed by atoms with Crippen molar-refractivity contribution < 1.29 is 15.3 Å². The summed E-state index contributed by atoms with van der Waals surface area (Å²) < 4.78 is 0. The molecular weight excluding hydrogens is 120 g/mol. The van der Waals surface area contributed by atoms with Gasteiger partial charge in [0.2, 0.25) is 0 Å². The Labute approximate surface area is 52.9 Å². The van der Waals surface area contributed by atoms with Gasteiger partial charge >= 0.3 is 0 Å². The minimum absolute atomic E-state index is 0.00808. The summed E-state index contributed by atoms with van der Waals surface area (Å²) in [6.45, 7) is 0.00808. The van der Waals surface area contributed by atoms with E-state index in [1.54, 1.807) is 0 Å². The molecule has 3 unspecified atom stereocenters. The van der Waals surface area contributed by atoms with E-state index in [1.165, 1.54) is 0 Å². The molecule has 3 heteroatoms. The number of aliphatic hydroxyl groups excluding tert-OH is 2. The van der Waals surface area contributed by atoms with E-state index in [0.29, 0.717) is 6.42 Å². The van der Waals surface area contributed by atoms with Gasteiger partial charge in [0.25, 0.3) is 0 Å². The minimum Gasteiger partial charge on any atom is -0.396 e. The molecule has 2 aliphatic carbocycles. The molecule has 0 saturated heterocycles. The molecule has 52 valence electrons. The smallest absolute Gasteiger partial charge is 0.0946 e. The van der Waals surface area contributed by atoms with Gasteiger partial charge in [-0.05, 0) is 6.42 Å². The summed E-state index contributed by atoms with van der Waals surface area (Å²) in [5, 5.41) is 26.9. The topological polar surface area (TPSA) is 60.7 Å². The third-order valence-electron chi connectivity index (χ3n) is 2.67. The van der Waals surface area contributed by atoms with Crippen LogP contribution in [0.5, 0.6) is 0 Å². The molecule has 0 aromatic carbocycles. The van der Waals surface area contributed by atoms with Gasteiger partial charge in [0.1, 0.15) is 0 Å². The summed E-state index contributed by atoms with van der Waals surface area (Å²) in [5.41, 5.74) is -0.784. The summed E-state index contributed by atoms with van der Waals surface area (Å²) in [7, 11) is 0. The van der Waals surface area contributed by atoms with Crippen molar-refractivity contribution in [3.8, 4) is 0 Å². The Morgan fingerprint density at radius 2 is 2.22 bits per heavy atom. The second kappa shape index (κ2) is 1.31. The van der Waals surface area contributed by atoms with E-state index in [1.807, 2.05) is 0 Å². The van der Waals surface area contributed by atoms with E-state index < -0.39 is 11.7 Å². The highest BCUT2D eigenvalue weighted by Crippen LogP contribution is 2.62. The highest BCUT2D eigenvalue weighted by molar-refractivity contribution is 5.22. The fourth-order valence-corrected chi connectivity index (χ4v) is 1.85. The molecule has 2 rings (SSSR count). The SMILES string of the molecule is OCC1C(O)[C@]2(O)CC12. The lowest BCUT2D eigenvalue weighted by molar-refractivity contribution is -0.127. The Morgan fingerprint density at radius 3 is 2.44 bits per heavy atom. The minimum atomic E-state index is -0.784. The van der Waals surface area contributed by atoms with Gasteiger partial charge in [-0.1, -0.05) is 0 Å². The van der Waals surface area contributed by atoms with Crippen LogP contribution in [-0.2, 0) is 0 Å². The van der Waals surface area contributed by atoms with Crippen LogP contribution in [0.25, 0.3) is 0 Å². The maximum Gasteiger partial charge on any atom is 0.0946 e. The van der Waals surface area contributed by atoms with Crippen LogP contribution in [0.4, 0.5) is 0 Å². The van der Waals surface area contributed by atoms with Gasteiger partial charge in [0, 0.05) is 18.4 Å². The van der Waals surface area contributed by atoms with Gasteiger partial charge in [-0.25, -0.2) is 0 Å². The molecule has 0 aromatic rings. The molecule has 9 heavy (non-hydrogen) atoms. The second-order valence-corrected chi connectivity index (χ2v) is 3.09.